The van der Waals surface area contributed by atoms with Gasteiger partial charge in [-0.1, -0.05) is 82.1 Å². The summed E-state index contributed by atoms with van der Waals surface area (Å²) in [5, 5.41) is 0. The third kappa shape index (κ3) is 3.72. The van der Waals surface area contributed by atoms with Crippen LogP contribution in [0.4, 0.5) is 0 Å². The molecule has 0 aliphatic rings. The molecule has 0 atom stereocenters. The maximum atomic E-state index is 2.30. The van der Waals surface area contributed by atoms with Crippen LogP contribution in [0.3, 0.4) is 0 Å². The minimum Gasteiger partial charge on any atom is -0.0651 e. The summed E-state index contributed by atoms with van der Waals surface area (Å²) in [6, 6.07) is 18.3. The Morgan fingerprint density at radius 2 is 1.00 bits per heavy atom. The molecule has 0 aliphatic heterocycles. The summed E-state index contributed by atoms with van der Waals surface area (Å²) in [6.45, 7) is 6.76. The van der Waals surface area contributed by atoms with Gasteiger partial charge >= 0.3 is 0 Å². The van der Waals surface area contributed by atoms with Crippen molar-refractivity contribution in [1.82, 2.24) is 0 Å². The van der Waals surface area contributed by atoms with Crippen LogP contribution in [0.15, 0.2) is 48.5 Å². The van der Waals surface area contributed by atoms with Gasteiger partial charge in [-0.15, -0.1) is 0 Å². The molecule has 0 amide bonds. The molecule has 2 aromatic rings. The maximum absolute atomic E-state index is 2.30. The van der Waals surface area contributed by atoms with E-state index in [0.717, 1.165) is 0 Å². The van der Waals surface area contributed by atoms with Gasteiger partial charge in [0.2, 0.25) is 0 Å². The second-order valence-electron chi connectivity index (χ2n) is 5.70. The normalized spacial score (nSPS) is 11.0. The smallest absolute Gasteiger partial charge is 0.00610 e. The first-order chi connectivity index (χ1) is 9.74. The van der Waals surface area contributed by atoms with Gasteiger partial charge in [-0.25, -0.2) is 0 Å². The van der Waals surface area contributed by atoms with Crippen molar-refractivity contribution in [2.75, 3.05) is 0 Å². The number of hydrogen-bond acceptors (Lipinski definition) is 0. The Morgan fingerprint density at radius 1 is 0.650 bits per heavy atom. The molecule has 2 aromatic carbocycles. The van der Waals surface area contributed by atoms with Gasteiger partial charge in [0.25, 0.3) is 0 Å². The second kappa shape index (κ2) is 7.28. The molecule has 20 heavy (non-hydrogen) atoms. The average Bonchev–Trinajstić information content (AvgIpc) is 2.49. The molecule has 106 valence electrons. The fourth-order valence-corrected chi connectivity index (χ4v) is 2.72. The summed E-state index contributed by atoms with van der Waals surface area (Å²) in [5.74, 6) is 0.473. The van der Waals surface area contributed by atoms with Gasteiger partial charge in [0, 0.05) is 5.92 Å². The fourth-order valence-electron chi connectivity index (χ4n) is 2.72. The molecule has 0 nitrogen and oxygen atoms in total. The third-order valence-electron chi connectivity index (χ3n) is 4.04. The Morgan fingerprint density at radius 3 is 1.30 bits per heavy atom. The van der Waals surface area contributed by atoms with Gasteiger partial charge in [0.1, 0.15) is 0 Å². The Kier molecular flexibility index (Phi) is 5.40. The molecular weight excluding hydrogens is 240 g/mol. The Balaban J connectivity index is 2.11. The van der Waals surface area contributed by atoms with Gasteiger partial charge in [-0.3, -0.25) is 0 Å². The minimum atomic E-state index is 0.473. The highest BCUT2D eigenvalue weighted by Crippen LogP contribution is 2.25. The highest BCUT2D eigenvalue weighted by Gasteiger charge is 2.08. The Hall–Kier alpha value is -1.56. The van der Waals surface area contributed by atoms with Gasteiger partial charge in [0.05, 0.1) is 0 Å². The monoisotopic (exact) mass is 266 g/mol. The van der Waals surface area contributed by atoms with E-state index in [1.54, 1.807) is 0 Å². The number of hydrogen-bond donors (Lipinski definition) is 0. The van der Waals surface area contributed by atoms with Crippen molar-refractivity contribution in [3.05, 3.63) is 70.8 Å². The Labute approximate surface area is 123 Å². The van der Waals surface area contributed by atoms with Crippen LogP contribution < -0.4 is 0 Å². The molecular formula is C20H26. The van der Waals surface area contributed by atoms with Gasteiger partial charge in [-0.05, 0) is 35.1 Å². The van der Waals surface area contributed by atoms with E-state index in [9.17, 15) is 0 Å². The highest BCUT2D eigenvalue weighted by molar-refractivity contribution is 5.35. The van der Waals surface area contributed by atoms with E-state index in [1.165, 1.54) is 47.9 Å². The summed E-state index contributed by atoms with van der Waals surface area (Å²) in [7, 11) is 0. The first-order valence-corrected chi connectivity index (χ1v) is 7.92. The molecule has 0 bridgehead atoms. The van der Waals surface area contributed by atoms with Crippen molar-refractivity contribution < 1.29 is 0 Å². The van der Waals surface area contributed by atoms with E-state index < -0.39 is 0 Å². The summed E-state index contributed by atoms with van der Waals surface area (Å²) >= 11 is 0. The van der Waals surface area contributed by atoms with Gasteiger partial charge in [-0.2, -0.15) is 0 Å². The van der Waals surface area contributed by atoms with E-state index in [2.05, 4.69) is 69.3 Å². The van der Waals surface area contributed by atoms with E-state index in [-0.39, 0.29) is 0 Å². The molecule has 0 spiro atoms. The molecule has 0 radical (unpaired) electrons. The molecule has 0 N–H and O–H groups in total. The van der Waals surface area contributed by atoms with Crippen molar-refractivity contribution >= 4 is 0 Å². The lowest BCUT2D eigenvalue weighted by molar-refractivity contribution is 0.893. The zero-order valence-electron chi connectivity index (χ0n) is 13.0. The molecule has 0 saturated heterocycles. The van der Waals surface area contributed by atoms with E-state index in [0.29, 0.717) is 5.92 Å². The Bertz CT molecular complexity index is 455. The van der Waals surface area contributed by atoms with Crippen molar-refractivity contribution in [1.29, 1.82) is 0 Å². The lowest BCUT2D eigenvalue weighted by atomic mass is 9.91. The number of aryl methyl sites for hydroxylation is 2. The first-order valence-electron chi connectivity index (χ1n) is 7.92. The largest absolute Gasteiger partial charge is 0.0651 e. The lowest BCUT2D eigenvalue weighted by Gasteiger charge is -2.14. The van der Waals surface area contributed by atoms with Crippen molar-refractivity contribution in [3.8, 4) is 0 Å². The third-order valence-corrected chi connectivity index (χ3v) is 4.04. The average molecular weight is 266 g/mol. The van der Waals surface area contributed by atoms with Crippen LogP contribution >= 0.6 is 0 Å². The summed E-state index contributed by atoms with van der Waals surface area (Å²) in [6.07, 6.45) is 4.79. The van der Waals surface area contributed by atoms with E-state index in [4.69, 9.17) is 0 Å². The number of benzene rings is 2. The fraction of sp³-hybridized carbons (Fsp3) is 0.400. The van der Waals surface area contributed by atoms with Crippen LogP contribution in [0.2, 0.25) is 0 Å². The predicted octanol–water partition coefficient (Wildman–Crippen LogP) is 5.74. The first kappa shape index (κ1) is 14.8. The van der Waals surface area contributed by atoms with Crippen LogP contribution in [-0.2, 0) is 12.8 Å². The van der Waals surface area contributed by atoms with E-state index in [1.807, 2.05) is 0 Å². The molecule has 0 saturated carbocycles. The summed E-state index contributed by atoms with van der Waals surface area (Å²) in [5.41, 5.74) is 5.71. The van der Waals surface area contributed by atoms with Gasteiger partial charge in [0.15, 0.2) is 0 Å². The van der Waals surface area contributed by atoms with Crippen LogP contribution in [0.5, 0.6) is 0 Å². The quantitative estimate of drug-likeness (QED) is 0.625. The zero-order valence-corrected chi connectivity index (χ0v) is 13.0. The van der Waals surface area contributed by atoms with Crippen molar-refractivity contribution in [2.45, 2.75) is 52.4 Å². The molecule has 0 aliphatic carbocycles. The lowest BCUT2D eigenvalue weighted by Crippen LogP contribution is -1.97. The van der Waals surface area contributed by atoms with Crippen LogP contribution in [-0.4, -0.2) is 0 Å². The van der Waals surface area contributed by atoms with Crippen LogP contribution in [0.25, 0.3) is 0 Å². The highest BCUT2D eigenvalue weighted by atomic mass is 14.1. The number of rotatable bonds is 6. The molecule has 0 unspecified atom stereocenters. The summed E-state index contributed by atoms with van der Waals surface area (Å²) < 4.78 is 0. The molecule has 0 fully saturated rings. The molecule has 0 heterocycles. The molecule has 2 rings (SSSR count). The zero-order chi connectivity index (χ0) is 14.4. The van der Waals surface area contributed by atoms with Crippen LogP contribution in [0, 0.1) is 0 Å². The maximum Gasteiger partial charge on any atom is 0.00610 e. The van der Waals surface area contributed by atoms with E-state index >= 15 is 0 Å². The predicted molar refractivity (Wildman–Crippen MR) is 88.4 cm³/mol. The summed E-state index contributed by atoms with van der Waals surface area (Å²) in [4.78, 5) is 0. The van der Waals surface area contributed by atoms with Crippen molar-refractivity contribution in [2.24, 2.45) is 0 Å². The molecule has 0 aromatic heterocycles. The molecule has 0 heteroatoms. The topological polar surface area (TPSA) is 0 Å². The standard InChI is InChI=1S/C20H26/c1-4-6-17-8-12-19(13-9-17)16(3)20-14-10-18(7-5-2)11-15-20/h8-16H,4-7H2,1-3H3. The van der Waals surface area contributed by atoms with Crippen molar-refractivity contribution in [3.63, 3.8) is 0 Å². The minimum absolute atomic E-state index is 0.473. The van der Waals surface area contributed by atoms with Crippen LogP contribution in [0.1, 0.15) is 61.8 Å². The second-order valence-corrected chi connectivity index (χ2v) is 5.70. The SMILES string of the molecule is CCCc1ccc(C(C)c2ccc(CCC)cc2)cc1. The van der Waals surface area contributed by atoms with Gasteiger partial charge < -0.3 is 0 Å².